The first-order valence-corrected chi connectivity index (χ1v) is 4.55. The average Bonchev–Trinajstić information content (AvgIpc) is 2.73. The highest BCUT2D eigenvalue weighted by Crippen LogP contribution is 2.34. The minimum Gasteiger partial charge on any atom is -0.317 e. The molecule has 10 heavy (non-hydrogen) atoms. The molecule has 1 atom stereocenters. The second-order valence-electron chi connectivity index (χ2n) is 3.37. The quantitative estimate of drug-likeness (QED) is 0.618. The van der Waals surface area contributed by atoms with Crippen LogP contribution in [0.25, 0.3) is 0 Å². The van der Waals surface area contributed by atoms with Gasteiger partial charge in [0.15, 0.2) is 0 Å². The van der Waals surface area contributed by atoms with Crippen LogP contribution in [-0.4, -0.2) is 13.1 Å². The van der Waals surface area contributed by atoms with Crippen molar-refractivity contribution in [3.8, 4) is 0 Å². The summed E-state index contributed by atoms with van der Waals surface area (Å²) in [6, 6.07) is 0.833. The maximum Gasteiger partial charge on any atom is 0.00923 e. The summed E-state index contributed by atoms with van der Waals surface area (Å²) in [6.45, 7) is 2.26. The van der Waals surface area contributed by atoms with E-state index in [9.17, 15) is 0 Å². The van der Waals surface area contributed by atoms with Gasteiger partial charge in [0.05, 0.1) is 0 Å². The minimum atomic E-state index is 0.833. The van der Waals surface area contributed by atoms with Crippen LogP contribution in [0.15, 0.2) is 0 Å². The van der Waals surface area contributed by atoms with Crippen LogP contribution in [0.3, 0.4) is 0 Å². The molecular formula is C9H19N. The van der Waals surface area contributed by atoms with Crippen LogP contribution < -0.4 is 5.32 Å². The number of nitrogens with one attached hydrogen (secondary N) is 1. The van der Waals surface area contributed by atoms with Crippen molar-refractivity contribution in [2.24, 2.45) is 5.92 Å². The molecule has 1 aliphatic carbocycles. The third-order valence-corrected chi connectivity index (χ3v) is 2.43. The summed E-state index contributed by atoms with van der Waals surface area (Å²) in [4.78, 5) is 0. The van der Waals surface area contributed by atoms with E-state index in [1.54, 1.807) is 0 Å². The molecular weight excluding hydrogens is 122 g/mol. The predicted molar refractivity (Wildman–Crippen MR) is 45.1 cm³/mol. The lowest BCUT2D eigenvalue weighted by molar-refractivity contribution is 0.454. The van der Waals surface area contributed by atoms with Crippen molar-refractivity contribution in [3.63, 3.8) is 0 Å². The zero-order valence-electron chi connectivity index (χ0n) is 7.19. The fourth-order valence-corrected chi connectivity index (χ4v) is 1.54. The number of unbranched alkanes of at least 4 members (excludes halogenated alkanes) is 1. The van der Waals surface area contributed by atoms with Gasteiger partial charge in [-0.25, -0.2) is 0 Å². The first kappa shape index (κ1) is 8.06. The number of rotatable bonds is 5. The molecule has 0 saturated heterocycles. The van der Waals surface area contributed by atoms with Crippen LogP contribution in [0.2, 0.25) is 0 Å². The highest BCUT2D eigenvalue weighted by molar-refractivity contribution is 4.85. The van der Waals surface area contributed by atoms with Gasteiger partial charge in [0.2, 0.25) is 0 Å². The molecule has 1 unspecified atom stereocenters. The summed E-state index contributed by atoms with van der Waals surface area (Å²) < 4.78 is 0. The van der Waals surface area contributed by atoms with Crippen LogP contribution in [0.1, 0.15) is 39.0 Å². The Kier molecular flexibility index (Phi) is 3.20. The summed E-state index contributed by atoms with van der Waals surface area (Å²) in [7, 11) is 2.10. The second-order valence-corrected chi connectivity index (χ2v) is 3.37. The van der Waals surface area contributed by atoms with Crippen molar-refractivity contribution < 1.29 is 0 Å². The van der Waals surface area contributed by atoms with E-state index in [-0.39, 0.29) is 0 Å². The van der Waals surface area contributed by atoms with Gasteiger partial charge in [-0.15, -0.1) is 0 Å². The van der Waals surface area contributed by atoms with Gasteiger partial charge in [-0.2, -0.15) is 0 Å². The molecule has 0 bridgehead atoms. The van der Waals surface area contributed by atoms with Gasteiger partial charge in [0, 0.05) is 6.04 Å². The molecule has 1 rings (SSSR count). The summed E-state index contributed by atoms with van der Waals surface area (Å²) in [5.74, 6) is 1.02. The number of hydrogen-bond donors (Lipinski definition) is 1. The standard InChI is InChI=1S/C9H19N/c1-3-4-5-9(10-2)8-6-7-8/h8-10H,3-7H2,1-2H3. The highest BCUT2D eigenvalue weighted by Gasteiger charge is 2.29. The Labute approximate surface area is 64.2 Å². The third-order valence-electron chi connectivity index (χ3n) is 2.43. The summed E-state index contributed by atoms with van der Waals surface area (Å²) in [5.41, 5.74) is 0. The molecule has 0 radical (unpaired) electrons. The monoisotopic (exact) mass is 141 g/mol. The first-order valence-electron chi connectivity index (χ1n) is 4.55. The van der Waals surface area contributed by atoms with Crippen molar-refractivity contribution >= 4 is 0 Å². The normalized spacial score (nSPS) is 21.0. The molecule has 1 heteroatoms. The molecule has 0 amide bonds. The smallest absolute Gasteiger partial charge is 0.00923 e. The van der Waals surface area contributed by atoms with E-state index in [0.29, 0.717) is 0 Å². The maximum absolute atomic E-state index is 3.40. The minimum absolute atomic E-state index is 0.833. The molecule has 0 aromatic carbocycles. The van der Waals surface area contributed by atoms with Gasteiger partial charge >= 0.3 is 0 Å². The molecule has 0 heterocycles. The third kappa shape index (κ3) is 2.30. The van der Waals surface area contributed by atoms with E-state index in [0.717, 1.165) is 12.0 Å². The molecule has 1 fully saturated rings. The summed E-state index contributed by atoms with van der Waals surface area (Å²) >= 11 is 0. The molecule has 1 nitrogen and oxygen atoms in total. The fourth-order valence-electron chi connectivity index (χ4n) is 1.54. The molecule has 0 spiro atoms. The highest BCUT2D eigenvalue weighted by atomic mass is 14.9. The number of hydrogen-bond acceptors (Lipinski definition) is 1. The van der Waals surface area contributed by atoms with Gasteiger partial charge in [0.1, 0.15) is 0 Å². The molecule has 60 valence electrons. The van der Waals surface area contributed by atoms with Crippen molar-refractivity contribution in [3.05, 3.63) is 0 Å². The van der Waals surface area contributed by atoms with Gasteiger partial charge < -0.3 is 5.32 Å². The second kappa shape index (κ2) is 3.97. The van der Waals surface area contributed by atoms with Crippen LogP contribution in [0.4, 0.5) is 0 Å². The first-order chi connectivity index (χ1) is 4.88. The van der Waals surface area contributed by atoms with Crippen LogP contribution in [0, 0.1) is 5.92 Å². The van der Waals surface area contributed by atoms with Gasteiger partial charge in [-0.05, 0) is 32.2 Å². The average molecular weight is 141 g/mol. The Morgan fingerprint density at radius 2 is 2.20 bits per heavy atom. The van der Waals surface area contributed by atoms with Gasteiger partial charge in [-0.3, -0.25) is 0 Å². The van der Waals surface area contributed by atoms with Crippen molar-refractivity contribution in [2.45, 2.75) is 45.1 Å². The molecule has 0 aromatic heterocycles. The zero-order chi connectivity index (χ0) is 7.40. The van der Waals surface area contributed by atoms with E-state index in [2.05, 4.69) is 19.3 Å². The molecule has 1 aliphatic rings. The van der Waals surface area contributed by atoms with Crippen LogP contribution in [0.5, 0.6) is 0 Å². The lowest BCUT2D eigenvalue weighted by Crippen LogP contribution is -2.26. The summed E-state index contributed by atoms with van der Waals surface area (Å²) in [5, 5.41) is 3.40. The Hall–Kier alpha value is -0.0400. The molecule has 1 saturated carbocycles. The van der Waals surface area contributed by atoms with Gasteiger partial charge in [0.25, 0.3) is 0 Å². The largest absolute Gasteiger partial charge is 0.317 e. The van der Waals surface area contributed by atoms with Crippen molar-refractivity contribution in [1.82, 2.24) is 5.32 Å². The molecule has 1 N–H and O–H groups in total. The predicted octanol–water partition coefficient (Wildman–Crippen LogP) is 2.17. The fraction of sp³-hybridized carbons (Fsp3) is 1.00. The summed E-state index contributed by atoms with van der Waals surface area (Å²) in [6.07, 6.45) is 7.05. The SMILES string of the molecule is CCCCC(NC)C1CC1. The van der Waals surface area contributed by atoms with E-state index in [1.807, 2.05) is 0 Å². The lowest BCUT2D eigenvalue weighted by atomic mass is 10.1. The van der Waals surface area contributed by atoms with Crippen LogP contribution in [-0.2, 0) is 0 Å². The lowest BCUT2D eigenvalue weighted by Gasteiger charge is -2.13. The van der Waals surface area contributed by atoms with E-state index < -0.39 is 0 Å². The Morgan fingerprint density at radius 3 is 2.60 bits per heavy atom. The van der Waals surface area contributed by atoms with E-state index in [4.69, 9.17) is 0 Å². The van der Waals surface area contributed by atoms with Crippen molar-refractivity contribution in [1.29, 1.82) is 0 Å². The van der Waals surface area contributed by atoms with Crippen molar-refractivity contribution in [2.75, 3.05) is 7.05 Å². The zero-order valence-corrected chi connectivity index (χ0v) is 7.19. The van der Waals surface area contributed by atoms with E-state index in [1.165, 1.54) is 32.1 Å². The molecule has 0 aromatic rings. The Balaban J connectivity index is 2.07. The maximum atomic E-state index is 3.40. The van der Waals surface area contributed by atoms with E-state index >= 15 is 0 Å². The molecule has 0 aliphatic heterocycles. The topological polar surface area (TPSA) is 12.0 Å². The Bertz CT molecular complexity index is 86.7. The van der Waals surface area contributed by atoms with Gasteiger partial charge in [-0.1, -0.05) is 19.8 Å². The Morgan fingerprint density at radius 1 is 1.50 bits per heavy atom. The van der Waals surface area contributed by atoms with Crippen LogP contribution >= 0.6 is 0 Å².